The number of hydrogen-bond donors (Lipinski definition) is 0. The summed E-state index contributed by atoms with van der Waals surface area (Å²) in [4.78, 5) is 11.6. The third-order valence-corrected chi connectivity index (χ3v) is 2.44. The van der Waals surface area contributed by atoms with E-state index in [4.69, 9.17) is 9.47 Å². The summed E-state index contributed by atoms with van der Waals surface area (Å²) in [7, 11) is 0. The number of hydrogen-bond acceptors (Lipinski definition) is 3. The number of ether oxygens (including phenoxy) is 2. The fourth-order valence-electron chi connectivity index (χ4n) is 1.17. The molecule has 18 heavy (non-hydrogen) atoms. The molecule has 0 unspecified atom stereocenters. The zero-order valence-electron chi connectivity index (χ0n) is 11.2. The Morgan fingerprint density at radius 1 is 1.11 bits per heavy atom. The first-order valence-electron chi connectivity index (χ1n) is 5.95. The number of allylic oxidation sites excluding steroid dienone is 1. The lowest BCUT2D eigenvalue weighted by Gasteiger charge is -2.21. The Hall–Kier alpha value is -1.77. The first kappa shape index (κ1) is 14.3. The summed E-state index contributed by atoms with van der Waals surface area (Å²) in [5.41, 5.74) is 0.454. The lowest BCUT2D eigenvalue weighted by molar-refractivity contribution is 0.0364. The monoisotopic (exact) mass is 248 g/mol. The Kier molecular flexibility index (Phi) is 4.95. The minimum Gasteiger partial charge on any atom is -0.494 e. The molecule has 1 aromatic carbocycles. The summed E-state index contributed by atoms with van der Waals surface area (Å²) in [5.74, 6) is 0.360. The van der Waals surface area contributed by atoms with Crippen molar-refractivity contribution in [2.45, 2.75) is 20.8 Å². The molecular weight excluding hydrogens is 228 g/mol. The van der Waals surface area contributed by atoms with Crippen molar-refractivity contribution in [2.24, 2.45) is 5.41 Å². The van der Waals surface area contributed by atoms with Crippen molar-refractivity contribution in [2.75, 3.05) is 13.2 Å². The standard InChI is InChI=1S/C15H20O3/c1-12(15(2,3)4)17-10-11-18-14(16)13-8-6-5-7-9-13/h5-9H,1,10-11H2,2-4H3. The van der Waals surface area contributed by atoms with Crippen LogP contribution in [0.15, 0.2) is 42.7 Å². The van der Waals surface area contributed by atoms with E-state index < -0.39 is 0 Å². The molecule has 1 rings (SSSR count). The van der Waals surface area contributed by atoms with Crippen molar-refractivity contribution in [1.82, 2.24) is 0 Å². The van der Waals surface area contributed by atoms with Crippen LogP contribution in [0.25, 0.3) is 0 Å². The van der Waals surface area contributed by atoms with E-state index in [1.54, 1.807) is 24.3 Å². The third kappa shape index (κ3) is 4.62. The van der Waals surface area contributed by atoms with E-state index in [0.717, 1.165) is 0 Å². The summed E-state index contributed by atoms with van der Waals surface area (Å²) in [6.45, 7) is 10.4. The molecule has 0 N–H and O–H groups in total. The molecule has 3 heteroatoms. The van der Waals surface area contributed by atoms with E-state index in [-0.39, 0.29) is 18.0 Å². The topological polar surface area (TPSA) is 35.5 Å². The minimum absolute atomic E-state index is 0.0938. The van der Waals surface area contributed by atoms with Gasteiger partial charge in [0.15, 0.2) is 0 Å². The molecule has 98 valence electrons. The largest absolute Gasteiger partial charge is 0.494 e. The van der Waals surface area contributed by atoms with E-state index in [1.807, 2.05) is 26.8 Å². The molecule has 0 saturated carbocycles. The number of carbonyl (C=O) groups is 1. The fraction of sp³-hybridized carbons (Fsp3) is 0.400. The maximum absolute atomic E-state index is 11.6. The molecule has 0 saturated heterocycles. The minimum atomic E-state index is -0.333. The number of rotatable bonds is 5. The summed E-state index contributed by atoms with van der Waals surface area (Å²) < 4.78 is 10.5. The second-order valence-corrected chi connectivity index (χ2v) is 5.02. The van der Waals surface area contributed by atoms with Crippen LogP contribution in [-0.2, 0) is 9.47 Å². The molecule has 0 aliphatic heterocycles. The second kappa shape index (κ2) is 6.24. The Balaban J connectivity index is 2.27. The van der Waals surface area contributed by atoms with E-state index >= 15 is 0 Å². The van der Waals surface area contributed by atoms with Crippen LogP contribution < -0.4 is 0 Å². The van der Waals surface area contributed by atoms with Crippen LogP contribution in [0, 0.1) is 5.41 Å². The van der Waals surface area contributed by atoms with Gasteiger partial charge >= 0.3 is 5.97 Å². The molecule has 0 heterocycles. The fourth-order valence-corrected chi connectivity index (χ4v) is 1.17. The summed E-state index contributed by atoms with van der Waals surface area (Å²) in [6.07, 6.45) is 0. The average Bonchev–Trinajstić information content (AvgIpc) is 2.34. The van der Waals surface area contributed by atoms with Crippen molar-refractivity contribution in [3.63, 3.8) is 0 Å². The van der Waals surface area contributed by atoms with Gasteiger partial charge in [0.25, 0.3) is 0 Å². The van der Waals surface area contributed by atoms with Crippen molar-refractivity contribution in [1.29, 1.82) is 0 Å². The molecule has 0 radical (unpaired) electrons. The zero-order chi connectivity index (χ0) is 13.6. The Morgan fingerprint density at radius 3 is 2.22 bits per heavy atom. The predicted molar refractivity (Wildman–Crippen MR) is 71.3 cm³/mol. The highest BCUT2D eigenvalue weighted by Crippen LogP contribution is 2.23. The Labute approximate surface area is 108 Å². The zero-order valence-corrected chi connectivity index (χ0v) is 11.2. The number of benzene rings is 1. The van der Waals surface area contributed by atoms with Crippen LogP contribution in [-0.4, -0.2) is 19.2 Å². The van der Waals surface area contributed by atoms with Gasteiger partial charge in [0.2, 0.25) is 0 Å². The van der Waals surface area contributed by atoms with Gasteiger partial charge < -0.3 is 9.47 Å². The van der Waals surface area contributed by atoms with E-state index in [9.17, 15) is 4.79 Å². The predicted octanol–water partition coefficient (Wildman–Crippen LogP) is 3.42. The van der Waals surface area contributed by atoms with Gasteiger partial charge in [-0.3, -0.25) is 0 Å². The van der Waals surface area contributed by atoms with Crippen LogP contribution in [0.5, 0.6) is 0 Å². The summed E-state index contributed by atoms with van der Waals surface area (Å²) >= 11 is 0. The van der Waals surface area contributed by atoms with Crippen LogP contribution in [0.4, 0.5) is 0 Å². The summed E-state index contributed by atoms with van der Waals surface area (Å²) in [6, 6.07) is 8.89. The maximum atomic E-state index is 11.6. The van der Waals surface area contributed by atoms with Crippen molar-refractivity contribution >= 4 is 5.97 Å². The number of carbonyl (C=O) groups excluding carboxylic acids is 1. The van der Waals surface area contributed by atoms with Crippen LogP contribution in [0.1, 0.15) is 31.1 Å². The van der Waals surface area contributed by atoms with Crippen molar-refractivity contribution in [3.05, 3.63) is 48.2 Å². The second-order valence-electron chi connectivity index (χ2n) is 5.02. The van der Waals surface area contributed by atoms with E-state index in [2.05, 4.69) is 6.58 Å². The molecule has 3 nitrogen and oxygen atoms in total. The quantitative estimate of drug-likeness (QED) is 0.455. The van der Waals surface area contributed by atoms with Gasteiger partial charge in [-0.25, -0.2) is 4.79 Å². The molecule has 0 aliphatic rings. The smallest absolute Gasteiger partial charge is 0.338 e. The van der Waals surface area contributed by atoms with Crippen molar-refractivity contribution < 1.29 is 14.3 Å². The van der Waals surface area contributed by atoms with Gasteiger partial charge in [-0.15, -0.1) is 0 Å². The highest BCUT2D eigenvalue weighted by Gasteiger charge is 2.16. The van der Waals surface area contributed by atoms with Crippen LogP contribution in [0.2, 0.25) is 0 Å². The molecule has 0 atom stereocenters. The van der Waals surface area contributed by atoms with Gasteiger partial charge in [0.05, 0.1) is 11.3 Å². The van der Waals surface area contributed by atoms with E-state index in [0.29, 0.717) is 17.9 Å². The van der Waals surface area contributed by atoms with Crippen molar-refractivity contribution in [3.8, 4) is 0 Å². The Morgan fingerprint density at radius 2 is 1.67 bits per heavy atom. The van der Waals surface area contributed by atoms with Gasteiger partial charge in [-0.2, -0.15) is 0 Å². The molecule has 1 aromatic rings. The van der Waals surface area contributed by atoms with E-state index in [1.165, 1.54) is 0 Å². The van der Waals surface area contributed by atoms with Gasteiger partial charge in [0.1, 0.15) is 13.2 Å². The molecule has 0 amide bonds. The highest BCUT2D eigenvalue weighted by molar-refractivity contribution is 5.89. The van der Waals surface area contributed by atoms with Gasteiger partial charge in [0, 0.05) is 5.41 Å². The summed E-state index contributed by atoms with van der Waals surface area (Å²) in [5, 5.41) is 0. The lowest BCUT2D eigenvalue weighted by atomic mass is 9.95. The van der Waals surface area contributed by atoms with Gasteiger partial charge in [-0.1, -0.05) is 45.5 Å². The maximum Gasteiger partial charge on any atom is 0.338 e. The molecule has 0 aliphatic carbocycles. The lowest BCUT2D eigenvalue weighted by Crippen LogP contribution is -2.15. The van der Waals surface area contributed by atoms with Gasteiger partial charge in [-0.05, 0) is 12.1 Å². The normalized spacial score (nSPS) is 10.8. The molecule has 0 spiro atoms. The molecule has 0 aromatic heterocycles. The SMILES string of the molecule is C=C(OCCOC(=O)c1ccccc1)C(C)(C)C. The number of esters is 1. The first-order chi connectivity index (χ1) is 8.41. The average molecular weight is 248 g/mol. The van der Waals surface area contributed by atoms with Crippen LogP contribution >= 0.6 is 0 Å². The highest BCUT2D eigenvalue weighted by atomic mass is 16.6. The Bertz CT molecular complexity index is 401. The first-order valence-corrected chi connectivity index (χ1v) is 5.95. The molecule has 0 bridgehead atoms. The molecular formula is C15H20O3. The molecule has 0 fully saturated rings. The van der Waals surface area contributed by atoms with Crippen LogP contribution in [0.3, 0.4) is 0 Å². The third-order valence-electron chi connectivity index (χ3n) is 2.44.